The molecule has 5 heteroatoms. The second kappa shape index (κ2) is 6.93. The molecule has 2 aromatic rings. The lowest BCUT2D eigenvalue weighted by Crippen LogP contribution is -2.10. The number of rotatable bonds is 4. The summed E-state index contributed by atoms with van der Waals surface area (Å²) in [5, 5.41) is 18.1. The van der Waals surface area contributed by atoms with Crippen molar-refractivity contribution in [1.29, 1.82) is 5.26 Å². The number of nitriles is 1. The van der Waals surface area contributed by atoms with Crippen LogP contribution in [-0.2, 0) is 6.42 Å². The summed E-state index contributed by atoms with van der Waals surface area (Å²) in [5.74, 6) is 0.772. The fraction of sp³-hybridized carbons (Fsp3) is 0.471. The number of aromatic nitrogens is 3. The maximum atomic E-state index is 9.27. The minimum absolute atomic E-state index is 0.436. The van der Waals surface area contributed by atoms with Crippen LogP contribution in [0.15, 0.2) is 24.3 Å². The van der Waals surface area contributed by atoms with Gasteiger partial charge in [-0.15, -0.1) is 5.10 Å². The lowest BCUT2D eigenvalue weighted by Gasteiger charge is -2.21. The van der Waals surface area contributed by atoms with Gasteiger partial charge in [-0.3, -0.25) is 0 Å². The second-order valence-corrected chi connectivity index (χ2v) is 6.36. The molecule has 114 valence electrons. The Morgan fingerprint density at radius 1 is 1.18 bits per heavy atom. The smallest absolute Gasteiger partial charge is 0.186 e. The molecule has 1 saturated carbocycles. The number of benzene rings is 1. The highest BCUT2D eigenvalue weighted by atomic mass is 35.5. The topological polar surface area (TPSA) is 54.5 Å². The van der Waals surface area contributed by atoms with Crippen LogP contribution in [0.25, 0.3) is 5.69 Å². The second-order valence-electron chi connectivity index (χ2n) is 5.93. The van der Waals surface area contributed by atoms with E-state index in [1.54, 1.807) is 4.68 Å². The van der Waals surface area contributed by atoms with Gasteiger partial charge in [-0.1, -0.05) is 48.9 Å². The van der Waals surface area contributed by atoms with Gasteiger partial charge in [-0.05, 0) is 43.0 Å². The van der Waals surface area contributed by atoms with Crippen LogP contribution in [0, 0.1) is 17.2 Å². The van der Waals surface area contributed by atoms with Crippen molar-refractivity contribution in [3.63, 3.8) is 0 Å². The Labute approximate surface area is 135 Å². The van der Waals surface area contributed by atoms with Crippen molar-refractivity contribution in [3.05, 3.63) is 40.7 Å². The van der Waals surface area contributed by atoms with Gasteiger partial charge in [-0.2, -0.15) is 5.26 Å². The van der Waals surface area contributed by atoms with E-state index in [-0.39, 0.29) is 0 Å². The van der Waals surface area contributed by atoms with Crippen LogP contribution in [0.1, 0.15) is 49.9 Å². The van der Waals surface area contributed by atoms with Crippen molar-refractivity contribution < 1.29 is 0 Å². The fourth-order valence-electron chi connectivity index (χ4n) is 3.22. The van der Waals surface area contributed by atoms with Gasteiger partial charge < -0.3 is 0 Å². The van der Waals surface area contributed by atoms with Crippen molar-refractivity contribution >= 4 is 11.6 Å². The van der Waals surface area contributed by atoms with E-state index in [2.05, 4.69) is 16.4 Å². The minimum Gasteiger partial charge on any atom is -0.216 e. The van der Waals surface area contributed by atoms with E-state index in [4.69, 9.17) is 11.6 Å². The minimum atomic E-state index is 0.436. The molecule has 4 nitrogen and oxygen atoms in total. The first kappa shape index (κ1) is 15.1. The van der Waals surface area contributed by atoms with E-state index in [0.29, 0.717) is 10.7 Å². The number of nitrogens with zero attached hydrogens (tertiary/aromatic N) is 4. The molecule has 1 aromatic heterocycles. The Bertz CT molecular complexity index is 663. The molecule has 0 N–H and O–H groups in total. The molecule has 3 rings (SSSR count). The van der Waals surface area contributed by atoms with Gasteiger partial charge in [0.05, 0.1) is 11.4 Å². The van der Waals surface area contributed by atoms with Gasteiger partial charge >= 0.3 is 0 Å². The van der Waals surface area contributed by atoms with E-state index >= 15 is 0 Å². The standard InChI is InChI=1S/C17H19ClN4/c18-14-7-9-15(10-8-14)22-17(16(12-19)20-21-22)11-6-13-4-2-1-3-5-13/h7-10,13H,1-6,11H2. The van der Waals surface area contributed by atoms with Crippen LogP contribution in [-0.4, -0.2) is 15.0 Å². The van der Waals surface area contributed by atoms with Crippen molar-refractivity contribution in [3.8, 4) is 11.8 Å². The number of hydrogen-bond donors (Lipinski definition) is 0. The molecule has 22 heavy (non-hydrogen) atoms. The number of hydrogen-bond acceptors (Lipinski definition) is 3. The summed E-state index contributed by atoms with van der Waals surface area (Å²) in [6.45, 7) is 0. The van der Waals surface area contributed by atoms with Gasteiger partial charge in [0.25, 0.3) is 0 Å². The van der Waals surface area contributed by atoms with E-state index in [0.717, 1.165) is 30.1 Å². The quantitative estimate of drug-likeness (QED) is 0.845. The van der Waals surface area contributed by atoms with Crippen molar-refractivity contribution in [2.75, 3.05) is 0 Å². The fourth-order valence-corrected chi connectivity index (χ4v) is 3.35. The zero-order chi connectivity index (χ0) is 15.4. The van der Waals surface area contributed by atoms with Crippen molar-refractivity contribution in [1.82, 2.24) is 15.0 Å². The van der Waals surface area contributed by atoms with Gasteiger partial charge in [0.15, 0.2) is 5.69 Å². The number of halogens is 1. The molecule has 0 spiro atoms. The summed E-state index contributed by atoms with van der Waals surface area (Å²) in [5.41, 5.74) is 2.25. The molecule has 1 aliphatic rings. The molecule has 0 bridgehead atoms. The molecule has 1 heterocycles. The Kier molecular flexibility index (Phi) is 4.74. The van der Waals surface area contributed by atoms with Gasteiger partial charge in [-0.25, -0.2) is 4.68 Å². The average Bonchev–Trinajstić information content (AvgIpc) is 2.97. The van der Waals surface area contributed by atoms with Crippen LogP contribution in [0.4, 0.5) is 0 Å². The summed E-state index contributed by atoms with van der Waals surface area (Å²) >= 11 is 5.94. The van der Waals surface area contributed by atoms with Gasteiger partial charge in [0, 0.05) is 5.02 Å². The molecule has 1 aromatic carbocycles. The molecule has 0 saturated heterocycles. The van der Waals surface area contributed by atoms with E-state index in [1.165, 1.54) is 32.1 Å². The maximum absolute atomic E-state index is 9.27. The van der Waals surface area contributed by atoms with E-state index in [9.17, 15) is 5.26 Å². The van der Waals surface area contributed by atoms with Gasteiger partial charge in [0.1, 0.15) is 6.07 Å². The highest BCUT2D eigenvalue weighted by molar-refractivity contribution is 6.30. The van der Waals surface area contributed by atoms with Crippen LogP contribution >= 0.6 is 11.6 Å². The first-order valence-corrected chi connectivity index (χ1v) is 8.26. The zero-order valence-corrected chi connectivity index (χ0v) is 13.3. The molecule has 0 atom stereocenters. The first-order valence-electron chi connectivity index (χ1n) is 7.88. The summed E-state index contributed by atoms with van der Waals surface area (Å²) in [7, 11) is 0. The van der Waals surface area contributed by atoms with E-state index < -0.39 is 0 Å². The molecule has 1 aliphatic carbocycles. The highest BCUT2D eigenvalue weighted by Gasteiger charge is 2.18. The Morgan fingerprint density at radius 2 is 1.91 bits per heavy atom. The molecule has 0 aliphatic heterocycles. The maximum Gasteiger partial charge on any atom is 0.186 e. The van der Waals surface area contributed by atoms with Crippen LogP contribution in [0.5, 0.6) is 0 Å². The molecular formula is C17H19ClN4. The van der Waals surface area contributed by atoms with Crippen molar-refractivity contribution in [2.45, 2.75) is 44.9 Å². The SMILES string of the molecule is N#Cc1nnn(-c2ccc(Cl)cc2)c1CCC1CCCCC1. The third-order valence-electron chi connectivity index (χ3n) is 4.45. The first-order chi connectivity index (χ1) is 10.8. The highest BCUT2D eigenvalue weighted by Crippen LogP contribution is 2.28. The van der Waals surface area contributed by atoms with Crippen LogP contribution < -0.4 is 0 Å². The Hall–Kier alpha value is -1.86. The molecule has 0 amide bonds. The van der Waals surface area contributed by atoms with Gasteiger partial charge in [0.2, 0.25) is 0 Å². The summed E-state index contributed by atoms with van der Waals surface area (Å²) in [6, 6.07) is 9.63. The Morgan fingerprint density at radius 3 is 2.59 bits per heavy atom. The summed E-state index contributed by atoms with van der Waals surface area (Å²) in [6.07, 6.45) is 8.62. The average molecular weight is 315 g/mol. The predicted octanol–water partition coefficient (Wildman–Crippen LogP) is 4.31. The summed E-state index contributed by atoms with van der Waals surface area (Å²) < 4.78 is 1.78. The predicted molar refractivity (Wildman–Crippen MR) is 86.0 cm³/mol. The van der Waals surface area contributed by atoms with Crippen LogP contribution in [0.2, 0.25) is 5.02 Å². The third kappa shape index (κ3) is 3.31. The normalized spacial score (nSPS) is 15.6. The lowest BCUT2D eigenvalue weighted by molar-refractivity contribution is 0.337. The zero-order valence-electron chi connectivity index (χ0n) is 12.5. The monoisotopic (exact) mass is 314 g/mol. The molecular weight excluding hydrogens is 296 g/mol. The lowest BCUT2D eigenvalue weighted by atomic mass is 9.85. The molecule has 0 unspecified atom stereocenters. The molecule has 0 radical (unpaired) electrons. The Balaban J connectivity index is 1.81. The molecule has 1 fully saturated rings. The van der Waals surface area contributed by atoms with E-state index in [1.807, 2.05) is 24.3 Å². The summed E-state index contributed by atoms with van der Waals surface area (Å²) in [4.78, 5) is 0. The van der Waals surface area contributed by atoms with Crippen molar-refractivity contribution in [2.24, 2.45) is 5.92 Å². The van der Waals surface area contributed by atoms with Crippen LogP contribution in [0.3, 0.4) is 0 Å². The largest absolute Gasteiger partial charge is 0.216 e. The third-order valence-corrected chi connectivity index (χ3v) is 4.71.